The standard InChI is InChI=1S/C15H19BrFNO2/c1-15(2,7-8-19)10-18-14(20)6-3-11-9-12(16)4-5-13(11)17/h3-6,9,19H,7-8,10H2,1-2H3,(H,18,20)/b6-3+. The molecule has 0 fully saturated rings. The summed E-state index contributed by atoms with van der Waals surface area (Å²) in [5.41, 5.74) is 0.184. The van der Waals surface area contributed by atoms with Crippen LogP contribution < -0.4 is 5.32 Å². The van der Waals surface area contributed by atoms with Crippen molar-refractivity contribution in [3.63, 3.8) is 0 Å². The molecule has 5 heteroatoms. The van der Waals surface area contributed by atoms with Crippen LogP contribution in [0.2, 0.25) is 0 Å². The first kappa shape index (κ1) is 16.9. The molecule has 0 aliphatic carbocycles. The Balaban J connectivity index is 2.58. The first-order valence-electron chi connectivity index (χ1n) is 6.36. The van der Waals surface area contributed by atoms with Crippen molar-refractivity contribution in [2.75, 3.05) is 13.2 Å². The highest BCUT2D eigenvalue weighted by Gasteiger charge is 2.17. The van der Waals surface area contributed by atoms with Crippen LogP contribution in [0.5, 0.6) is 0 Å². The van der Waals surface area contributed by atoms with Gasteiger partial charge in [0, 0.05) is 29.3 Å². The number of hydrogen-bond acceptors (Lipinski definition) is 2. The molecule has 2 N–H and O–H groups in total. The van der Waals surface area contributed by atoms with Gasteiger partial charge < -0.3 is 10.4 Å². The molecule has 0 bridgehead atoms. The lowest BCUT2D eigenvalue weighted by molar-refractivity contribution is -0.116. The van der Waals surface area contributed by atoms with E-state index in [0.717, 1.165) is 4.47 Å². The van der Waals surface area contributed by atoms with E-state index in [1.54, 1.807) is 12.1 Å². The Labute approximate surface area is 127 Å². The van der Waals surface area contributed by atoms with Gasteiger partial charge in [-0.2, -0.15) is 0 Å². The lowest BCUT2D eigenvalue weighted by atomic mass is 9.90. The molecule has 1 aromatic rings. The van der Waals surface area contributed by atoms with Crippen LogP contribution in [0.4, 0.5) is 4.39 Å². The Bertz CT molecular complexity index is 501. The van der Waals surface area contributed by atoms with Crippen LogP contribution in [0, 0.1) is 11.2 Å². The molecule has 0 unspecified atom stereocenters. The van der Waals surface area contributed by atoms with Crippen molar-refractivity contribution < 1.29 is 14.3 Å². The van der Waals surface area contributed by atoms with Crippen molar-refractivity contribution in [3.8, 4) is 0 Å². The van der Waals surface area contributed by atoms with Crippen molar-refractivity contribution in [1.29, 1.82) is 0 Å². The molecule has 110 valence electrons. The van der Waals surface area contributed by atoms with Gasteiger partial charge in [-0.1, -0.05) is 29.8 Å². The van der Waals surface area contributed by atoms with Crippen molar-refractivity contribution in [2.24, 2.45) is 5.41 Å². The lowest BCUT2D eigenvalue weighted by Gasteiger charge is -2.23. The zero-order valence-corrected chi connectivity index (χ0v) is 13.2. The van der Waals surface area contributed by atoms with E-state index in [1.165, 1.54) is 18.2 Å². The smallest absolute Gasteiger partial charge is 0.244 e. The summed E-state index contributed by atoms with van der Waals surface area (Å²) < 4.78 is 14.2. The summed E-state index contributed by atoms with van der Waals surface area (Å²) in [7, 11) is 0. The van der Waals surface area contributed by atoms with Crippen molar-refractivity contribution in [3.05, 3.63) is 40.1 Å². The van der Waals surface area contributed by atoms with Gasteiger partial charge in [0.05, 0.1) is 0 Å². The van der Waals surface area contributed by atoms with Crippen LogP contribution in [0.1, 0.15) is 25.8 Å². The largest absolute Gasteiger partial charge is 0.396 e. The molecule has 0 spiro atoms. The Kier molecular flexibility index (Phi) is 6.36. The normalized spacial score (nSPS) is 11.8. The molecular weight excluding hydrogens is 325 g/mol. The number of halogens is 2. The van der Waals surface area contributed by atoms with Gasteiger partial charge >= 0.3 is 0 Å². The van der Waals surface area contributed by atoms with E-state index in [-0.39, 0.29) is 23.7 Å². The molecule has 0 aliphatic heterocycles. The van der Waals surface area contributed by atoms with Gasteiger partial charge in [0.1, 0.15) is 5.82 Å². The average Bonchev–Trinajstić information content (AvgIpc) is 2.37. The van der Waals surface area contributed by atoms with Gasteiger partial charge in [-0.15, -0.1) is 0 Å². The second-order valence-corrected chi connectivity index (χ2v) is 6.27. The summed E-state index contributed by atoms with van der Waals surface area (Å²) in [6, 6.07) is 4.55. The molecular formula is C15H19BrFNO2. The van der Waals surface area contributed by atoms with Crippen molar-refractivity contribution >= 4 is 27.9 Å². The maximum Gasteiger partial charge on any atom is 0.244 e. The summed E-state index contributed by atoms with van der Waals surface area (Å²) in [5, 5.41) is 11.6. The topological polar surface area (TPSA) is 49.3 Å². The van der Waals surface area contributed by atoms with Crippen LogP contribution in [0.25, 0.3) is 6.08 Å². The van der Waals surface area contributed by atoms with Gasteiger partial charge in [0.25, 0.3) is 0 Å². The number of carbonyl (C=O) groups is 1. The predicted octanol–water partition coefficient (Wildman–Crippen LogP) is 3.13. The first-order chi connectivity index (χ1) is 9.34. The molecule has 0 aromatic heterocycles. The van der Waals surface area contributed by atoms with E-state index >= 15 is 0 Å². The van der Waals surface area contributed by atoms with Crippen LogP contribution in [-0.2, 0) is 4.79 Å². The Hall–Kier alpha value is -1.20. The van der Waals surface area contributed by atoms with Crippen molar-refractivity contribution in [1.82, 2.24) is 5.32 Å². The summed E-state index contributed by atoms with van der Waals surface area (Å²) in [5.74, 6) is -0.659. The third-order valence-corrected chi connectivity index (χ3v) is 3.40. The predicted molar refractivity (Wildman–Crippen MR) is 81.6 cm³/mol. The second kappa shape index (κ2) is 7.55. The molecule has 0 radical (unpaired) electrons. The third-order valence-electron chi connectivity index (χ3n) is 2.90. The number of carbonyl (C=O) groups excluding carboxylic acids is 1. The fourth-order valence-electron chi connectivity index (χ4n) is 1.58. The number of nitrogens with one attached hydrogen (secondary N) is 1. The summed E-state index contributed by atoms with van der Waals surface area (Å²) in [6.07, 6.45) is 3.35. The molecule has 0 saturated heterocycles. The fraction of sp³-hybridized carbons (Fsp3) is 0.400. The molecule has 20 heavy (non-hydrogen) atoms. The van der Waals surface area contributed by atoms with E-state index in [0.29, 0.717) is 18.5 Å². The maximum absolute atomic E-state index is 13.5. The highest BCUT2D eigenvalue weighted by atomic mass is 79.9. The van der Waals surface area contributed by atoms with Gasteiger partial charge in [0.2, 0.25) is 5.91 Å². The van der Waals surface area contributed by atoms with E-state index < -0.39 is 0 Å². The zero-order chi connectivity index (χ0) is 15.2. The molecule has 3 nitrogen and oxygen atoms in total. The molecule has 0 heterocycles. The molecule has 1 aromatic carbocycles. The van der Waals surface area contributed by atoms with E-state index in [9.17, 15) is 9.18 Å². The highest BCUT2D eigenvalue weighted by Crippen LogP contribution is 2.18. The Morgan fingerprint density at radius 3 is 2.85 bits per heavy atom. The number of rotatable bonds is 6. The summed E-state index contributed by atoms with van der Waals surface area (Å²) in [4.78, 5) is 11.7. The highest BCUT2D eigenvalue weighted by molar-refractivity contribution is 9.10. The quantitative estimate of drug-likeness (QED) is 0.779. The number of amides is 1. The van der Waals surface area contributed by atoms with E-state index in [2.05, 4.69) is 21.2 Å². The van der Waals surface area contributed by atoms with Gasteiger partial charge in [-0.25, -0.2) is 4.39 Å². The van der Waals surface area contributed by atoms with Crippen LogP contribution in [-0.4, -0.2) is 24.2 Å². The van der Waals surface area contributed by atoms with Gasteiger partial charge in [-0.05, 0) is 36.1 Å². The number of benzene rings is 1. The second-order valence-electron chi connectivity index (χ2n) is 5.35. The number of hydrogen-bond donors (Lipinski definition) is 2. The van der Waals surface area contributed by atoms with Crippen LogP contribution in [0.3, 0.4) is 0 Å². The Morgan fingerprint density at radius 2 is 2.20 bits per heavy atom. The minimum absolute atomic E-state index is 0.0853. The third kappa shape index (κ3) is 5.84. The van der Waals surface area contributed by atoms with Crippen LogP contribution >= 0.6 is 15.9 Å². The van der Waals surface area contributed by atoms with Crippen molar-refractivity contribution in [2.45, 2.75) is 20.3 Å². The van der Waals surface area contributed by atoms with E-state index in [1.807, 2.05) is 13.8 Å². The minimum Gasteiger partial charge on any atom is -0.396 e. The minimum atomic E-state index is -0.377. The number of aliphatic hydroxyl groups excluding tert-OH is 1. The SMILES string of the molecule is CC(C)(CCO)CNC(=O)/C=C/c1cc(Br)ccc1F. The molecule has 0 aliphatic rings. The lowest BCUT2D eigenvalue weighted by Crippen LogP contribution is -2.33. The summed E-state index contributed by atoms with van der Waals surface area (Å²) in [6.45, 7) is 4.46. The average molecular weight is 344 g/mol. The molecule has 0 saturated carbocycles. The Morgan fingerprint density at radius 1 is 1.50 bits per heavy atom. The van der Waals surface area contributed by atoms with Gasteiger partial charge in [0.15, 0.2) is 0 Å². The monoisotopic (exact) mass is 343 g/mol. The molecule has 1 amide bonds. The molecule has 0 atom stereocenters. The maximum atomic E-state index is 13.5. The summed E-state index contributed by atoms with van der Waals surface area (Å²) >= 11 is 3.25. The molecule has 1 rings (SSSR count). The van der Waals surface area contributed by atoms with Crippen LogP contribution in [0.15, 0.2) is 28.7 Å². The van der Waals surface area contributed by atoms with E-state index in [4.69, 9.17) is 5.11 Å². The fourth-order valence-corrected chi connectivity index (χ4v) is 1.96. The number of aliphatic hydroxyl groups is 1. The zero-order valence-electron chi connectivity index (χ0n) is 11.6. The first-order valence-corrected chi connectivity index (χ1v) is 7.15. The van der Waals surface area contributed by atoms with Gasteiger partial charge in [-0.3, -0.25) is 4.79 Å².